The summed E-state index contributed by atoms with van der Waals surface area (Å²) in [6.07, 6.45) is 1.69. The molecule has 3 heterocycles. The molecule has 1 amide bonds. The van der Waals surface area contributed by atoms with E-state index in [1.54, 1.807) is 23.9 Å². The van der Waals surface area contributed by atoms with Crippen LogP contribution in [0.1, 0.15) is 18.3 Å². The summed E-state index contributed by atoms with van der Waals surface area (Å²) in [6, 6.07) is 16.7. The Morgan fingerprint density at radius 2 is 1.97 bits per heavy atom. The van der Waals surface area contributed by atoms with Crippen LogP contribution >= 0.6 is 11.6 Å². The number of aromatic nitrogens is 5. The number of nitrogens with one attached hydrogen (secondary N) is 1. The third-order valence-electron chi connectivity index (χ3n) is 5.47. The normalized spacial score (nSPS) is 11.1. The molecular weight excluding hydrogens is 468 g/mol. The Balaban J connectivity index is 1.40. The Kier molecular flexibility index (Phi) is 6.15. The number of pyridine rings is 1. The Morgan fingerprint density at radius 3 is 2.77 bits per heavy atom. The van der Waals surface area contributed by atoms with E-state index in [-0.39, 0.29) is 12.5 Å². The summed E-state index contributed by atoms with van der Waals surface area (Å²) in [5.74, 6) is 1.84. The van der Waals surface area contributed by atoms with Crippen LogP contribution in [0.5, 0.6) is 11.5 Å². The number of rotatable bonds is 7. The van der Waals surface area contributed by atoms with E-state index in [2.05, 4.69) is 20.5 Å². The van der Waals surface area contributed by atoms with Crippen LogP contribution in [-0.2, 0) is 17.9 Å². The average Bonchev–Trinajstić information content (AvgIpc) is 3.28. The number of hydrogen-bond donors (Lipinski definition) is 1. The van der Waals surface area contributed by atoms with Crippen LogP contribution in [0.4, 0.5) is 0 Å². The number of carbonyl (C=O) groups excluding carboxylic acids is 1. The number of nitrogens with zero attached hydrogens (tertiary/aromatic N) is 5. The molecule has 0 atom stereocenters. The largest absolute Gasteiger partial charge is 0.497 e. The summed E-state index contributed by atoms with van der Waals surface area (Å²) >= 11 is 6.43. The van der Waals surface area contributed by atoms with Gasteiger partial charge in [-0.3, -0.25) is 9.78 Å². The highest BCUT2D eigenvalue weighted by atomic mass is 35.5. The molecule has 0 aliphatic rings. The van der Waals surface area contributed by atoms with Gasteiger partial charge in [0.05, 0.1) is 18.3 Å². The Hall–Kier alpha value is -4.24. The molecule has 0 aliphatic carbocycles. The first kappa shape index (κ1) is 22.5. The number of fused-ring (bicyclic) bond motifs is 2. The van der Waals surface area contributed by atoms with Gasteiger partial charge in [0.25, 0.3) is 0 Å². The molecule has 1 N–H and O–H groups in total. The van der Waals surface area contributed by atoms with Gasteiger partial charge >= 0.3 is 0 Å². The van der Waals surface area contributed by atoms with E-state index in [4.69, 9.17) is 26.2 Å². The van der Waals surface area contributed by atoms with Crippen molar-refractivity contribution in [1.82, 2.24) is 30.1 Å². The van der Waals surface area contributed by atoms with E-state index in [0.29, 0.717) is 34.5 Å². The Morgan fingerprint density at radius 1 is 1.09 bits per heavy atom. The SMILES string of the molecule is COc1ccc2c(OCc3nnc4ccc(-c5ccc(CNC(C)=O)c(Cl)c5)nn34)ccnc2c1. The van der Waals surface area contributed by atoms with Crippen LogP contribution in [0.3, 0.4) is 0 Å². The molecule has 0 spiro atoms. The second-order valence-corrected chi connectivity index (χ2v) is 8.21. The van der Waals surface area contributed by atoms with Crippen molar-refractivity contribution in [1.29, 1.82) is 0 Å². The minimum Gasteiger partial charge on any atom is -0.497 e. The third kappa shape index (κ3) is 4.71. The number of carbonyl (C=O) groups is 1. The van der Waals surface area contributed by atoms with Gasteiger partial charge in [-0.2, -0.15) is 9.61 Å². The van der Waals surface area contributed by atoms with E-state index in [1.807, 2.05) is 48.5 Å². The molecule has 0 bridgehead atoms. The molecule has 0 radical (unpaired) electrons. The van der Waals surface area contributed by atoms with E-state index >= 15 is 0 Å². The van der Waals surface area contributed by atoms with Crippen LogP contribution in [-0.4, -0.2) is 37.8 Å². The van der Waals surface area contributed by atoms with E-state index in [0.717, 1.165) is 27.8 Å². The van der Waals surface area contributed by atoms with E-state index in [9.17, 15) is 4.79 Å². The number of benzene rings is 2. The van der Waals surface area contributed by atoms with Crippen molar-refractivity contribution in [3.05, 3.63) is 77.2 Å². The van der Waals surface area contributed by atoms with Crippen LogP contribution in [0, 0.1) is 0 Å². The molecule has 35 heavy (non-hydrogen) atoms. The quantitative estimate of drug-likeness (QED) is 0.366. The van der Waals surface area contributed by atoms with Gasteiger partial charge in [0.15, 0.2) is 11.5 Å². The second-order valence-electron chi connectivity index (χ2n) is 7.80. The molecule has 2 aromatic carbocycles. The number of amides is 1. The third-order valence-corrected chi connectivity index (χ3v) is 5.82. The van der Waals surface area contributed by atoms with Gasteiger partial charge in [-0.15, -0.1) is 10.2 Å². The fourth-order valence-electron chi connectivity index (χ4n) is 3.64. The predicted molar refractivity (Wildman–Crippen MR) is 131 cm³/mol. The zero-order valence-corrected chi connectivity index (χ0v) is 19.8. The molecule has 0 aliphatic heterocycles. The fraction of sp³-hybridized carbons (Fsp3) is 0.160. The summed E-state index contributed by atoms with van der Waals surface area (Å²) in [4.78, 5) is 15.6. The topological polar surface area (TPSA) is 104 Å². The summed E-state index contributed by atoms with van der Waals surface area (Å²) in [7, 11) is 1.62. The van der Waals surface area contributed by atoms with Crippen molar-refractivity contribution < 1.29 is 14.3 Å². The molecule has 0 fully saturated rings. The van der Waals surface area contributed by atoms with Gasteiger partial charge in [-0.05, 0) is 42.0 Å². The van der Waals surface area contributed by atoms with Gasteiger partial charge in [0.2, 0.25) is 5.91 Å². The molecule has 9 nitrogen and oxygen atoms in total. The highest BCUT2D eigenvalue weighted by Gasteiger charge is 2.12. The zero-order chi connectivity index (χ0) is 24.4. The smallest absolute Gasteiger partial charge is 0.217 e. The number of methoxy groups -OCH3 is 1. The summed E-state index contributed by atoms with van der Waals surface area (Å²) in [5, 5.41) is 17.3. The molecule has 176 valence electrons. The van der Waals surface area contributed by atoms with Crippen LogP contribution < -0.4 is 14.8 Å². The lowest BCUT2D eigenvalue weighted by Gasteiger charge is -2.10. The molecule has 0 saturated carbocycles. The van der Waals surface area contributed by atoms with Crippen molar-refractivity contribution in [2.75, 3.05) is 7.11 Å². The summed E-state index contributed by atoms with van der Waals surface area (Å²) in [5.41, 5.74) is 3.73. The maximum absolute atomic E-state index is 11.2. The predicted octanol–water partition coefficient (Wildman–Crippen LogP) is 4.22. The van der Waals surface area contributed by atoms with Gasteiger partial charge in [-0.25, -0.2) is 0 Å². The number of ether oxygens (including phenoxy) is 2. The first-order valence-electron chi connectivity index (χ1n) is 10.8. The minimum atomic E-state index is -0.112. The van der Waals surface area contributed by atoms with Crippen molar-refractivity contribution >= 4 is 34.1 Å². The highest BCUT2D eigenvalue weighted by Crippen LogP contribution is 2.28. The molecule has 3 aromatic heterocycles. The summed E-state index contributed by atoms with van der Waals surface area (Å²) in [6.45, 7) is 2.00. The van der Waals surface area contributed by atoms with Gasteiger partial charge in [0.1, 0.15) is 18.1 Å². The monoisotopic (exact) mass is 488 g/mol. The Bertz CT molecular complexity index is 1550. The molecule has 5 aromatic rings. The fourth-order valence-corrected chi connectivity index (χ4v) is 3.89. The van der Waals surface area contributed by atoms with Crippen LogP contribution in [0.15, 0.2) is 60.8 Å². The standard InChI is InChI=1S/C25H21ClN6O3/c1-15(33)28-13-17-4-3-16(11-20(17)26)21-7-8-24-29-30-25(32(24)31-21)14-35-23-9-10-27-22-12-18(34-2)5-6-19(22)23/h3-12H,13-14H2,1-2H3,(H,28,33). The second kappa shape index (κ2) is 9.55. The van der Waals surface area contributed by atoms with Gasteiger partial charge < -0.3 is 14.8 Å². The average molecular weight is 489 g/mol. The molecule has 0 saturated heterocycles. The van der Waals surface area contributed by atoms with Crippen molar-refractivity contribution in [3.8, 4) is 22.8 Å². The summed E-state index contributed by atoms with van der Waals surface area (Å²) < 4.78 is 13.0. The van der Waals surface area contributed by atoms with Gasteiger partial charge in [0, 0.05) is 41.7 Å². The maximum Gasteiger partial charge on any atom is 0.217 e. The highest BCUT2D eigenvalue weighted by molar-refractivity contribution is 6.31. The first-order chi connectivity index (χ1) is 17.0. The van der Waals surface area contributed by atoms with Crippen molar-refractivity contribution in [2.45, 2.75) is 20.1 Å². The van der Waals surface area contributed by atoms with Crippen molar-refractivity contribution in [2.24, 2.45) is 0 Å². The molecule has 10 heteroatoms. The zero-order valence-electron chi connectivity index (χ0n) is 19.0. The number of hydrogen-bond acceptors (Lipinski definition) is 7. The molecule has 0 unspecified atom stereocenters. The minimum absolute atomic E-state index is 0.112. The lowest BCUT2D eigenvalue weighted by Crippen LogP contribution is -2.19. The van der Waals surface area contributed by atoms with Crippen LogP contribution in [0.25, 0.3) is 27.8 Å². The first-order valence-corrected chi connectivity index (χ1v) is 11.2. The van der Waals surface area contributed by atoms with E-state index in [1.165, 1.54) is 6.92 Å². The van der Waals surface area contributed by atoms with Gasteiger partial charge in [-0.1, -0.05) is 23.7 Å². The van der Waals surface area contributed by atoms with Crippen LogP contribution in [0.2, 0.25) is 5.02 Å². The lowest BCUT2D eigenvalue weighted by atomic mass is 10.1. The van der Waals surface area contributed by atoms with E-state index < -0.39 is 0 Å². The number of halogens is 1. The Labute approximate surface area is 205 Å². The molecular formula is C25H21ClN6O3. The maximum atomic E-state index is 11.2. The lowest BCUT2D eigenvalue weighted by molar-refractivity contribution is -0.119. The molecule has 5 rings (SSSR count). The van der Waals surface area contributed by atoms with Crippen molar-refractivity contribution in [3.63, 3.8) is 0 Å².